The molecular formula is C27H25BrIN3O3. The minimum atomic E-state index is -0.196. The van der Waals surface area contributed by atoms with Crippen molar-refractivity contribution >= 4 is 55.6 Å². The zero-order chi connectivity index (χ0) is 24.8. The van der Waals surface area contributed by atoms with E-state index in [9.17, 15) is 4.79 Å². The van der Waals surface area contributed by atoms with Gasteiger partial charge in [0, 0.05) is 10.9 Å². The van der Waals surface area contributed by atoms with Crippen molar-refractivity contribution < 1.29 is 9.47 Å². The van der Waals surface area contributed by atoms with E-state index in [4.69, 9.17) is 14.5 Å². The average molecular weight is 646 g/mol. The van der Waals surface area contributed by atoms with Gasteiger partial charge in [0.05, 0.1) is 27.3 Å². The highest BCUT2D eigenvalue weighted by molar-refractivity contribution is 14.1. The molecule has 0 N–H and O–H groups in total. The molecule has 0 amide bonds. The molecule has 3 aromatic carbocycles. The van der Waals surface area contributed by atoms with Crippen molar-refractivity contribution in [3.05, 3.63) is 96.0 Å². The number of hydrogen-bond acceptors (Lipinski definition) is 5. The van der Waals surface area contributed by atoms with Crippen molar-refractivity contribution in [3.63, 3.8) is 0 Å². The molecule has 6 nitrogen and oxygen atoms in total. The molecule has 0 fully saturated rings. The highest BCUT2D eigenvalue weighted by Crippen LogP contribution is 2.34. The quantitative estimate of drug-likeness (QED) is 0.152. The third kappa shape index (κ3) is 6.10. The van der Waals surface area contributed by atoms with E-state index in [1.54, 1.807) is 12.3 Å². The lowest BCUT2D eigenvalue weighted by atomic mass is 10.2. The molecule has 180 valence electrons. The van der Waals surface area contributed by atoms with Gasteiger partial charge in [-0.05, 0) is 77.4 Å². The summed E-state index contributed by atoms with van der Waals surface area (Å²) in [6.07, 6.45) is 3.16. The lowest BCUT2D eigenvalue weighted by molar-refractivity contribution is 0.267. The number of benzene rings is 3. The Labute approximate surface area is 226 Å². The molecule has 1 heterocycles. The maximum Gasteiger partial charge on any atom is 0.282 e. The van der Waals surface area contributed by atoms with Gasteiger partial charge in [-0.15, -0.1) is 0 Å². The van der Waals surface area contributed by atoms with Crippen molar-refractivity contribution in [2.75, 3.05) is 6.61 Å². The molecule has 1 aromatic heterocycles. The summed E-state index contributed by atoms with van der Waals surface area (Å²) >= 11 is 5.68. The summed E-state index contributed by atoms with van der Waals surface area (Å²) in [4.78, 5) is 17.9. The van der Waals surface area contributed by atoms with E-state index < -0.39 is 0 Å². The van der Waals surface area contributed by atoms with Crippen LogP contribution >= 0.6 is 38.5 Å². The van der Waals surface area contributed by atoms with Crippen LogP contribution in [0.1, 0.15) is 37.2 Å². The number of aryl methyl sites for hydroxylation is 1. The van der Waals surface area contributed by atoms with Gasteiger partial charge in [-0.25, -0.2) is 4.98 Å². The lowest BCUT2D eigenvalue weighted by Crippen LogP contribution is -2.22. The molecule has 4 aromatic rings. The van der Waals surface area contributed by atoms with Crippen LogP contribution in [0.25, 0.3) is 10.9 Å². The average Bonchev–Trinajstić information content (AvgIpc) is 2.85. The Bertz CT molecular complexity index is 1420. The molecule has 0 saturated heterocycles. The molecule has 0 bridgehead atoms. The first-order valence-corrected chi connectivity index (χ1v) is 13.3. The Morgan fingerprint density at radius 3 is 2.63 bits per heavy atom. The number of aromatic nitrogens is 2. The molecule has 0 aliphatic heterocycles. The molecule has 0 spiro atoms. The topological polar surface area (TPSA) is 65.7 Å². The van der Waals surface area contributed by atoms with E-state index in [0.29, 0.717) is 47.9 Å². The van der Waals surface area contributed by atoms with Gasteiger partial charge in [0.15, 0.2) is 11.5 Å². The Kier molecular flexibility index (Phi) is 8.56. The molecule has 0 aliphatic carbocycles. The van der Waals surface area contributed by atoms with Crippen LogP contribution in [0.15, 0.2) is 75.0 Å². The van der Waals surface area contributed by atoms with Crippen LogP contribution in [0, 0.1) is 3.57 Å². The maximum absolute atomic E-state index is 13.3. The van der Waals surface area contributed by atoms with E-state index in [1.165, 1.54) is 4.68 Å². The van der Waals surface area contributed by atoms with Crippen molar-refractivity contribution in [1.82, 2.24) is 9.66 Å². The van der Waals surface area contributed by atoms with Crippen LogP contribution in [0.3, 0.4) is 0 Å². The van der Waals surface area contributed by atoms with Gasteiger partial charge in [0.2, 0.25) is 0 Å². The highest BCUT2D eigenvalue weighted by atomic mass is 127. The van der Waals surface area contributed by atoms with E-state index >= 15 is 0 Å². The molecule has 0 saturated carbocycles. The minimum Gasteiger partial charge on any atom is -0.490 e. The first-order chi connectivity index (χ1) is 17.0. The molecular weight excluding hydrogens is 621 g/mol. The number of nitrogens with zero attached hydrogens (tertiary/aromatic N) is 3. The molecule has 35 heavy (non-hydrogen) atoms. The van der Waals surface area contributed by atoms with Crippen molar-refractivity contribution in [3.8, 4) is 11.5 Å². The summed E-state index contributed by atoms with van der Waals surface area (Å²) < 4.78 is 15.1. The summed E-state index contributed by atoms with van der Waals surface area (Å²) in [5.41, 5.74) is 2.35. The first-order valence-electron chi connectivity index (χ1n) is 11.4. The van der Waals surface area contributed by atoms with Gasteiger partial charge in [-0.1, -0.05) is 53.2 Å². The van der Waals surface area contributed by atoms with Crippen molar-refractivity contribution in [2.24, 2.45) is 5.10 Å². The van der Waals surface area contributed by atoms with Crippen LogP contribution < -0.4 is 15.0 Å². The fraction of sp³-hybridized carbons (Fsp3) is 0.222. The third-order valence-electron chi connectivity index (χ3n) is 5.23. The van der Waals surface area contributed by atoms with Crippen LogP contribution in [0.2, 0.25) is 0 Å². The smallest absolute Gasteiger partial charge is 0.282 e. The number of rotatable bonds is 9. The third-order valence-corrected chi connectivity index (χ3v) is 6.52. The van der Waals surface area contributed by atoms with Gasteiger partial charge in [-0.3, -0.25) is 4.79 Å². The van der Waals surface area contributed by atoms with Gasteiger partial charge < -0.3 is 9.47 Å². The molecule has 0 atom stereocenters. The summed E-state index contributed by atoms with van der Waals surface area (Å²) in [7, 11) is 0. The molecule has 0 aliphatic rings. The van der Waals surface area contributed by atoms with E-state index in [0.717, 1.165) is 25.6 Å². The maximum atomic E-state index is 13.3. The summed E-state index contributed by atoms with van der Waals surface area (Å²) in [6, 6.07) is 19.4. The predicted molar refractivity (Wildman–Crippen MR) is 152 cm³/mol. The summed E-state index contributed by atoms with van der Waals surface area (Å²) in [5, 5.41) is 5.06. The van der Waals surface area contributed by atoms with Gasteiger partial charge >= 0.3 is 0 Å². The number of ether oxygens (including phenoxy) is 2. The van der Waals surface area contributed by atoms with Crippen molar-refractivity contribution in [2.45, 2.75) is 33.3 Å². The van der Waals surface area contributed by atoms with Crippen LogP contribution in [-0.2, 0) is 13.0 Å². The Balaban J connectivity index is 1.69. The number of hydrogen-bond donors (Lipinski definition) is 0. The molecule has 8 heteroatoms. The van der Waals surface area contributed by atoms with E-state index in [-0.39, 0.29) is 5.56 Å². The summed E-state index contributed by atoms with van der Waals surface area (Å²) in [5.74, 6) is 1.96. The zero-order valence-corrected chi connectivity index (χ0v) is 23.2. The van der Waals surface area contributed by atoms with E-state index in [1.807, 2.05) is 61.5 Å². The van der Waals surface area contributed by atoms with Crippen LogP contribution in [0.5, 0.6) is 11.5 Å². The molecule has 4 rings (SSSR count). The second kappa shape index (κ2) is 11.8. The van der Waals surface area contributed by atoms with Crippen molar-refractivity contribution in [1.29, 1.82) is 0 Å². The lowest BCUT2D eigenvalue weighted by Gasteiger charge is -2.15. The standard InChI is InChI=1S/C27H25BrIN3O3/c1-3-8-25-31-23-12-11-20(28)15-21(23)27(33)32(25)30-16-19-13-22(29)26(24(14-19)34-4-2)35-17-18-9-6-5-7-10-18/h5-7,9-16H,3-4,8,17H2,1-2H3. The van der Waals surface area contributed by atoms with E-state index in [2.05, 4.69) is 50.5 Å². The van der Waals surface area contributed by atoms with Crippen LogP contribution in [0.4, 0.5) is 0 Å². The summed E-state index contributed by atoms with van der Waals surface area (Å²) in [6.45, 7) is 4.93. The van der Waals surface area contributed by atoms with Crippen LogP contribution in [-0.4, -0.2) is 22.5 Å². The largest absolute Gasteiger partial charge is 0.490 e. The fourth-order valence-corrected chi connectivity index (χ4v) is 4.76. The van der Waals surface area contributed by atoms with Gasteiger partial charge in [0.25, 0.3) is 5.56 Å². The second-order valence-electron chi connectivity index (χ2n) is 7.84. The minimum absolute atomic E-state index is 0.196. The first kappa shape index (κ1) is 25.4. The van der Waals surface area contributed by atoms with Gasteiger partial charge in [-0.2, -0.15) is 9.78 Å². The monoisotopic (exact) mass is 645 g/mol. The Hall–Kier alpha value is -2.72. The Morgan fingerprint density at radius 1 is 1.09 bits per heavy atom. The zero-order valence-electron chi connectivity index (χ0n) is 19.5. The number of fused-ring (bicyclic) bond motifs is 1. The number of halogens is 2. The predicted octanol–water partition coefficient (Wildman–Crippen LogP) is 6.58. The molecule has 0 unspecified atom stereocenters. The molecule has 0 radical (unpaired) electrons. The normalized spacial score (nSPS) is 11.3. The fourth-order valence-electron chi connectivity index (χ4n) is 3.62. The second-order valence-corrected chi connectivity index (χ2v) is 9.92. The van der Waals surface area contributed by atoms with Gasteiger partial charge in [0.1, 0.15) is 12.4 Å². The SMILES string of the molecule is CCCc1nc2ccc(Br)cc2c(=O)n1N=Cc1cc(I)c(OCc2ccccc2)c(OCC)c1. The highest BCUT2D eigenvalue weighted by Gasteiger charge is 2.14. The Morgan fingerprint density at radius 2 is 1.89 bits per heavy atom.